The second kappa shape index (κ2) is 7.16. The highest BCUT2D eigenvalue weighted by Gasteiger charge is 2.32. The van der Waals surface area contributed by atoms with Crippen molar-refractivity contribution >= 4 is 15.9 Å². The fraction of sp³-hybridized carbons (Fsp3) is 0.412. The zero-order valence-electron chi connectivity index (χ0n) is 14.7. The summed E-state index contributed by atoms with van der Waals surface area (Å²) in [6, 6.07) is 5.38. The minimum absolute atomic E-state index is 0.0743. The molecule has 1 aliphatic heterocycles. The molecule has 1 aliphatic rings. The number of hydrogen-bond donors (Lipinski definition) is 1. The Morgan fingerprint density at radius 3 is 2.77 bits per heavy atom. The monoisotopic (exact) mass is 380 g/mol. The van der Waals surface area contributed by atoms with Gasteiger partial charge in [-0.05, 0) is 12.1 Å². The average molecular weight is 380 g/mol. The highest BCUT2D eigenvalue weighted by atomic mass is 32.2. The van der Waals surface area contributed by atoms with Crippen LogP contribution in [0, 0.1) is 5.82 Å². The van der Waals surface area contributed by atoms with Crippen molar-refractivity contribution < 1.29 is 17.6 Å². The summed E-state index contributed by atoms with van der Waals surface area (Å²) in [6.07, 6.45) is 0.831. The number of hydrogen-bond acceptors (Lipinski definition) is 4. The van der Waals surface area contributed by atoms with Crippen molar-refractivity contribution in [3.05, 3.63) is 47.3 Å². The van der Waals surface area contributed by atoms with Crippen LogP contribution < -0.4 is 5.32 Å². The number of benzene rings is 1. The summed E-state index contributed by atoms with van der Waals surface area (Å²) in [5, 5.41) is 2.77. The van der Waals surface area contributed by atoms with Crippen LogP contribution in [0.25, 0.3) is 0 Å². The number of amides is 1. The first-order valence-electron chi connectivity index (χ1n) is 8.39. The highest BCUT2D eigenvalue weighted by Crippen LogP contribution is 2.26. The average Bonchev–Trinajstić information content (AvgIpc) is 2.95. The number of nitrogens with zero attached hydrogens (tertiary/aromatic N) is 3. The lowest BCUT2D eigenvalue weighted by Gasteiger charge is -2.26. The van der Waals surface area contributed by atoms with E-state index in [1.54, 1.807) is 18.5 Å². The third-order valence-corrected chi connectivity index (χ3v) is 6.41. The molecular formula is C17H21FN4O3S. The predicted octanol–water partition coefficient (Wildman–Crippen LogP) is 1.33. The summed E-state index contributed by atoms with van der Waals surface area (Å²) in [6.45, 7) is 2.42. The van der Waals surface area contributed by atoms with Gasteiger partial charge in [0.05, 0.1) is 24.5 Å². The summed E-state index contributed by atoms with van der Waals surface area (Å²) < 4.78 is 42.6. The van der Waals surface area contributed by atoms with E-state index in [2.05, 4.69) is 10.3 Å². The lowest BCUT2D eigenvalue weighted by Crippen LogP contribution is -2.37. The molecule has 0 saturated carbocycles. The van der Waals surface area contributed by atoms with E-state index in [-0.39, 0.29) is 30.4 Å². The van der Waals surface area contributed by atoms with E-state index in [4.69, 9.17) is 0 Å². The number of carbonyl (C=O) groups excluding carboxylic acids is 1. The van der Waals surface area contributed by atoms with Crippen molar-refractivity contribution in [3.63, 3.8) is 0 Å². The Labute approximate surface area is 151 Å². The Kier molecular flexibility index (Phi) is 5.10. The maximum absolute atomic E-state index is 14.0. The van der Waals surface area contributed by atoms with E-state index in [0.717, 1.165) is 17.5 Å². The van der Waals surface area contributed by atoms with Gasteiger partial charge < -0.3 is 9.88 Å². The van der Waals surface area contributed by atoms with Crippen LogP contribution in [0.15, 0.2) is 29.2 Å². The Morgan fingerprint density at radius 2 is 2.08 bits per heavy atom. The summed E-state index contributed by atoms with van der Waals surface area (Å²) in [5.41, 5.74) is 1.57. The van der Waals surface area contributed by atoms with Crippen LogP contribution in [0.4, 0.5) is 4.39 Å². The minimum Gasteiger partial charge on any atom is -0.349 e. The standard InChI is InChI=1S/C17H21FN4O3S/c1-3-17(23)19-10-16-20-13-8-9-22(11-14(13)21(16)2)26(24,25)15-7-5-4-6-12(15)18/h4-7H,3,8-11H2,1-2H3,(H,19,23). The lowest BCUT2D eigenvalue weighted by atomic mass is 10.2. The third-order valence-electron chi connectivity index (χ3n) is 4.53. The van der Waals surface area contributed by atoms with Gasteiger partial charge in [-0.25, -0.2) is 17.8 Å². The van der Waals surface area contributed by atoms with Gasteiger partial charge in [0.15, 0.2) is 0 Å². The van der Waals surface area contributed by atoms with E-state index < -0.39 is 15.8 Å². The van der Waals surface area contributed by atoms with Gasteiger partial charge >= 0.3 is 0 Å². The van der Waals surface area contributed by atoms with Crippen LogP contribution in [0.1, 0.15) is 30.6 Å². The van der Waals surface area contributed by atoms with E-state index in [1.807, 2.05) is 0 Å². The number of fused-ring (bicyclic) bond motifs is 1. The summed E-state index contributed by atoms with van der Waals surface area (Å²) >= 11 is 0. The largest absolute Gasteiger partial charge is 0.349 e. The van der Waals surface area contributed by atoms with Crippen molar-refractivity contribution in [2.45, 2.75) is 37.8 Å². The molecule has 2 aromatic rings. The van der Waals surface area contributed by atoms with Crippen molar-refractivity contribution in [3.8, 4) is 0 Å². The molecule has 0 saturated heterocycles. The van der Waals surface area contributed by atoms with Gasteiger partial charge in [-0.15, -0.1) is 0 Å². The topological polar surface area (TPSA) is 84.3 Å². The SMILES string of the molecule is CCC(=O)NCc1nc2c(n1C)CN(S(=O)(=O)c1ccccc1F)CC2. The summed E-state index contributed by atoms with van der Waals surface area (Å²) in [5.74, 6) is -0.164. The Balaban J connectivity index is 1.85. The molecule has 1 aromatic heterocycles. The van der Waals surface area contributed by atoms with E-state index >= 15 is 0 Å². The van der Waals surface area contributed by atoms with Gasteiger partial charge in [0.2, 0.25) is 15.9 Å². The number of sulfonamides is 1. The first-order chi connectivity index (χ1) is 12.3. The Morgan fingerprint density at radius 1 is 1.35 bits per heavy atom. The van der Waals surface area contributed by atoms with Crippen LogP contribution in [0.3, 0.4) is 0 Å². The van der Waals surface area contributed by atoms with Crippen molar-refractivity contribution in [1.29, 1.82) is 0 Å². The maximum atomic E-state index is 14.0. The number of aromatic nitrogens is 2. The Hall–Kier alpha value is -2.26. The molecule has 0 radical (unpaired) electrons. The molecule has 0 atom stereocenters. The first kappa shape index (κ1) is 18.5. The van der Waals surface area contributed by atoms with E-state index in [0.29, 0.717) is 18.7 Å². The second-order valence-electron chi connectivity index (χ2n) is 6.13. The van der Waals surface area contributed by atoms with Gasteiger partial charge in [-0.2, -0.15) is 4.31 Å². The lowest BCUT2D eigenvalue weighted by molar-refractivity contribution is -0.120. The number of imidazole rings is 1. The molecule has 140 valence electrons. The number of halogens is 1. The molecule has 7 nitrogen and oxygen atoms in total. The normalized spacial score (nSPS) is 14.9. The first-order valence-corrected chi connectivity index (χ1v) is 9.83. The smallest absolute Gasteiger partial charge is 0.246 e. The van der Waals surface area contributed by atoms with Gasteiger partial charge in [-0.3, -0.25) is 4.79 Å². The molecular weight excluding hydrogens is 359 g/mol. The van der Waals surface area contributed by atoms with Gasteiger partial charge in [-0.1, -0.05) is 19.1 Å². The van der Waals surface area contributed by atoms with Crippen LogP contribution >= 0.6 is 0 Å². The van der Waals surface area contributed by atoms with Gasteiger partial charge in [0.25, 0.3) is 0 Å². The third kappa shape index (κ3) is 3.36. The Bertz CT molecular complexity index is 939. The fourth-order valence-electron chi connectivity index (χ4n) is 2.98. The summed E-state index contributed by atoms with van der Waals surface area (Å²) in [7, 11) is -2.13. The maximum Gasteiger partial charge on any atom is 0.246 e. The molecule has 0 spiro atoms. The zero-order valence-corrected chi connectivity index (χ0v) is 15.5. The molecule has 2 heterocycles. The molecule has 0 fully saturated rings. The predicted molar refractivity (Wildman–Crippen MR) is 93.0 cm³/mol. The quantitative estimate of drug-likeness (QED) is 0.848. The molecule has 9 heteroatoms. The van der Waals surface area contributed by atoms with Gasteiger partial charge in [0.1, 0.15) is 16.5 Å². The van der Waals surface area contributed by atoms with Crippen LogP contribution in [-0.4, -0.2) is 34.7 Å². The zero-order chi connectivity index (χ0) is 18.9. The molecule has 0 unspecified atom stereocenters. The second-order valence-corrected chi connectivity index (χ2v) is 8.04. The molecule has 26 heavy (non-hydrogen) atoms. The van der Waals surface area contributed by atoms with Crippen molar-refractivity contribution in [2.24, 2.45) is 7.05 Å². The van der Waals surface area contributed by atoms with Crippen molar-refractivity contribution in [1.82, 2.24) is 19.2 Å². The van der Waals surface area contributed by atoms with Crippen LogP contribution in [-0.2, 0) is 41.4 Å². The number of rotatable bonds is 5. The molecule has 1 aromatic carbocycles. The van der Waals surface area contributed by atoms with E-state index in [9.17, 15) is 17.6 Å². The summed E-state index contributed by atoms with van der Waals surface area (Å²) in [4.78, 5) is 15.6. The highest BCUT2D eigenvalue weighted by molar-refractivity contribution is 7.89. The van der Waals surface area contributed by atoms with Crippen molar-refractivity contribution in [2.75, 3.05) is 6.54 Å². The number of nitrogens with one attached hydrogen (secondary N) is 1. The van der Waals surface area contributed by atoms with Crippen LogP contribution in [0.2, 0.25) is 0 Å². The molecule has 0 bridgehead atoms. The molecule has 1 N–H and O–H groups in total. The fourth-order valence-corrected chi connectivity index (χ4v) is 4.44. The molecule has 0 aliphatic carbocycles. The minimum atomic E-state index is -3.93. The molecule has 3 rings (SSSR count). The number of carbonyl (C=O) groups is 1. The van der Waals surface area contributed by atoms with E-state index in [1.165, 1.54) is 22.5 Å². The van der Waals surface area contributed by atoms with Gasteiger partial charge in [0, 0.05) is 26.4 Å². The van der Waals surface area contributed by atoms with Crippen LogP contribution in [0.5, 0.6) is 0 Å². The molecule has 1 amide bonds.